The topological polar surface area (TPSA) is 42.5 Å². The Morgan fingerprint density at radius 2 is 1.78 bits per heavy atom. The highest BCUT2D eigenvalue weighted by Gasteiger charge is 2.13. The zero-order chi connectivity index (χ0) is 13.5. The average Bonchev–Trinajstić information content (AvgIpc) is 2.38. The van der Waals surface area contributed by atoms with E-state index in [1.165, 1.54) is 0 Å². The highest BCUT2D eigenvalue weighted by molar-refractivity contribution is 5.52. The molecule has 0 aromatic heterocycles. The van der Waals surface area contributed by atoms with Gasteiger partial charge in [0.15, 0.2) is 0 Å². The molecule has 0 spiro atoms. The van der Waals surface area contributed by atoms with E-state index in [1.807, 2.05) is 13.1 Å². The van der Waals surface area contributed by atoms with Gasteiger partial charge in [-0.2, -0.15) is 0 Å². The number of ether oxygens (including phenoxy) is 2. The fourth-order valence-electron chi connectivity index (χ4n) is 1.99. The molecule has 0 aliphatic carbocycles. The minimum atomic E-state index is 0.780. The lowest BCUT2D eigenvalue weighted by molar-refractivity contribution is 0.392. The maximum atomic E-state index is 5.50. The highest BCUT2D eigenvalue weighted by Crippen LogP contribution is 2.33. The van der Waals surface area contributed by atoms with Crippen molar-refractivity contribution >= 4 is 0 Å². The summed E-state index contributed by atoms with van der Waals surface area (Å²) in [6, 6.07) is 2.05. The molecule has 4 nitrogen and oxygen atoms in total. The predicted molar refractivity (Wildman–Crippen MR) is 74.7 cm³/mol. The van der Waals surface area contributed by atoms with Gasteiger partial charge in [0, 0.05) is 25.2 Å². The quantitative estimate of drug-likeness (QED) is 0.724. The van der Waals surface area contributed by atoms with Gasteiger partial charge < -0.3 is 20.1 Å². The van der Waals surface area contributed by atoms with E-state index in [0.717, 1.165) is 47.8 Å². The van der Waals surface area contributed by atoms with Crippen LogP contribution in [0.2, 0.25) is 0 Å². The molecular formula is C14H24N2O2. The molecule has 0 heterocycles. The first-order valence-corrected chi connectivity index (χ1v) is 6.22. The van der Waals surface area contributed by atoms with E-state index < -0.39 is 0 Å². The predicted octanol–water partition coefficient (Wildman–Crippen LogP) is 1.63. The first kappa shape index (κ1) is 14.8. The molecule has 0 aliphatic heterocycles. The summed E-state index contributed by atoms with van der Waals surface area (Å²) in [5.41, 5.74) is 3.41. The third-order valence-corrected chi connectivity index (χ3v) is 3.16. The van der Waals surface area contributed by atoms with Crippen molar-refractivity contribution in [2.45, 2.75) is 20.4 Å². The Bertz CT molecular complexity index is 392. The van der Waals surface area contributed by atoms with Gasteiger partial charge in [-0.3, -0.25) is 0 Å². The van der Waals surface area contributed by atoms with E-state index in [0.29, 0.717) is 0 Å². The summed E-state index contributed by atoms with van der Waals surface area (Å²) in [6.07, 6.45) is 0. The van der Waals surface area contributed by atoms with Crippen molar-refractivity contribution in [2.75, 3.05) is 34.4 Å². The minimum Gasteiger partial charge on any atom is -0.496 e. The lowest BCUT2D eigenvalue weighted by atomic mass is 10.0. The van der Waals surface area contributed by atoms with E-state index >= 15 is 0 Å². The van der Waals surface area contributed by atoms with Gasteiger partial charge in [0.05, 0.1) is 14.2 Å². The van der Waals surface area contributed by atoms with Crippen LogP contribution >= 0.6 is 0 Å². The summed E-state index contributed by atoms with van der Waals surface area (Å²) in [5.74, 6) is 1.86. The van der Waals surface area contributed by atoms with Crippen molar-refractivity contribution in [2.24, 2.45) is 0 Å². The van der Waals surface area contributed by atoms with Crippen LogP contribution in [0, 0.1) is 13.8 Å². The number of benzene rings is 1. The van der Waals surface area contributed by atoms with Crippen LogP contribution in [0.3, 0.4) is 0 Å². The first-order chi connectivity index (χ1) is 8.65. The van der Waals surface area contributed by atoms with Crippen LogP contribution in [0.4, 0.5) is 0 Å². The Morgan fingerprint density at radius 3 is 2.33 bits per heavy atom. The van der Waals surface area contributed by atoms with Gasteiger partial charge in [0.25, 0.3) is 0 Å². The fourth-order valence-corrected chi connectivity index (χ4v) is 1.99. The summed E-state index contributed by atoms with van der Waals surface area (Å²) in [6.45, 7) is 6.77. The summed E-state index contributed by atoms with van der Waals surface area (Å²) < 4.78 is 10.9. The van der Waals surface area contributed by atoms with Crippen molar-refractivity contribution in [1.29, 1.82) is 0 Å². The van der Waals surface area contributed by atoms with Crippen LogP contribution in [0.5, 0.6) is 11.5 Å². The lowest BCUT2D eigenvalue weighted by Crippen LogP contribution is -2.24. The standard InChI is InChI=1S/C14H24N2O2/c1-10-11(2)14(18-5)12(8-13(10)17-4)9-16-7-6-15-3/h8,15-16H,6-7,9H2,1-5H3. The fraction of sp³-hybridized carbons (Fsp3) is 0.571. The average molecular weight is 252 g/mol. The van der Waals surface area contributed by atoms with Crippen molar-refractivity contribution in [3.05, 3.63) is 22.8 Å². The molecule has 18 heavy (non-hydrogen) atoms. The molecule has 1 aromatic rings. The SMILES string of the molecule is CNCCNCc1cc(OC)c(C)c(C)c1OC. The van der Waals surface area contributed by atoms with Crippen molar-refractivity contribution in [1.82, 2.24) is 10.6 Å². The van der Waals surface area contributed by atoms with Crippen molar-refractivity contribution < 1.29 is 9.47 Å². The number of likely N-dealkylation sites (N-methyl/N-ethyl adjacent to an activating group) is 1. The summed E-state index contributed by atoms with van der Waals surface area (Å²) >= 11 is 0. The molecule has 0 atom stereocenters. The third-order valence-electron chi connectivity index (χ3n) is 3.16. The van der Waals surface area contributed by atoms with Gasteiger partial charge in [0.1, 0.15) is 11.5 Å². The van der Waals surface area contributed by atoms with E-state index in [9.17, 15) is 0 Å². The summed E-state index contributed by atoms with van der Waals surface area (Å²) in [4.78, 5) is 0. The monoisotopic (exact) mass is 252 g/mol. The second kappa shape index (κ2) is 7.24. The number of nitrogens with one attached hydrogen (secondary N) is 2. The molecule has 0 aliphatic rings. The molecule has 0 saturated heterocycles. The first-order valence-electron chi connectivity index (χ1n) is 6.22. The van der Waals surface area contributed by atoms with Crippen molar-refractivity contribution in [3.63, 3.8) is 0 Å². The number of methoxy groups -OCH3 is 2. The third kappa shape index (κ3) is 3.37. The second-order valence-corrected chi connectivity index (χ2v) is 4.30. The van der Waals surface area contributed by atoms with Gasteiger partial charge in [-0.25, -0.2) is 0 Å². The maximum absolute atomic E-state index is 5.50. The molecule has 4 heteroatoms. The van der Waals surface area contributed by atoms with Crippen LogP contribution in [0.1, 0.15) is 16.7 Å². The molecule has 0 amide bonds. The van der Waals surface area contributed by atoms with Crippen LogP contribution in [0.15, 0.2) is 6.07 Å². The molecule has 0 radical (unpaired) electrons. The largest absolute Gasteiger partial charge is 0.496 e. The molecule has 0 unspecified atom stereocenters. The molecule has 2 N–H and O–H groups in total. The molecule has 0 saturated carbocycles. The van der Waals surface area contributed by atoms with Gasteiger partial charge in [0.2, 0.25) is 0 Å². The molecule has 1 aromatic carbocycles. The highest BCUT2D eigenvalue weighted by atomic mass is 16.5. The van der Waals surface area contributed by atoms with Gasteiger partial charge in [-0.1, -0.05) is 0 Å². The Kier molecular flexibility index (Phi) is 5.95. The normalized spacial score (nSPS) is 10.5. The number of rotatable bonds is 7. The summed E-state index contributed by atoms with van der Waals surface area (Å²) in [7, 11) is 5.36. The van der Waals surface area contributed by atoms with E-state index in [4.69, 9.17) is 9.47 Å². The second-order valence-electron chi connectivity index (χ2n) is 4.30. The Balaban J connectivity index is 2.91. The summed E-state index contributed by atoms with van der Waals surface area (Å²) in [5, 5.41) is 6.48. The lowest BCUT2D eigenvalue weighted by Gasteiger charge is -2.17. The van der Waals surface area contributed by atoms with Crippen LogP contribution in [-0.4, -0.2) is 34.4 Å². The van der Waals surface area contributed by atoms with Crippen LogP contribution in [0.25, 0.3) is 0 Å². The smallest absolute Gasteiger partial charge is 0.126 e. The zero-order valence-corrected chi connectivity index (χ0v) is 12.0. The molecule has 0 fully saturated rings. The van der Waals surface area contributed by atoms with Crippen LogP contribution in [-0.2, 0) is 6.54 Å². The maximum Gasteiger partial charge on any atom is 0.126 e. The van der Waals surface area contributed by atoms with Gasteiger partial charge in [-0.05, 0) is 38.1 Å². The molecule has 102 valence electrons. The number of hydrogen-bond acceptors (Lipinski definition) is 4. The Labute approximate surface area is 110 Å². The molecule has 0 bridgehead atoms. The molecular weight excluding hydrogens is 228 g/mol. The van der Waals surface area contributed by atoms with Gasteiger partial charge in [-0.15, -0.1) is 0 Å². The number of hydrogen-bond donors (Lipinski definition) is 2. The van der Waals surface area contributed by atoms with Crippen molar-refractivity contribution in [3.8, 4) is 11.5 Å². The Morgan fingerprint density at radius 1 is 1.06 bits per heavy atom. The van der Waals surface area contributed by atoms with E-state index in [-0.39, 0.29) is 0 Å². The molecule has 1 rings (SSSR count). The Hall–Kier alpha value is -1.26. The van der Waals surface area contributed by atoms with E-state index in [1.54, 1.807) is 14.2 Å². The van der Waals surface area contributed by atoms with Gasteiger partial charge >= 0.3 is 0 Å². The zero-order valence-electron chi connectivity index (χ0n) is 12.0. The van der Waals surface area contributed by atoms with E-state index in [2.05, 4.69) is 24.5 Å². The van der Waals surface area contributed by atoms with Crippen LogP contribution < -0.4 is 20.1 Å². The minimum absolute atomic E-state index is 0.780.